The van der Waals surface area contributed by atoms with Gasteiger partial charge in [0.1, 0.15) is 0 Å². The van der Waals surface area contributed by atoms with Gasteiger partial charge in [-0.2, -0.15) is 0 Å². The van der Waals surface area contributed by atoms with Gasteiger partial charge in [-0.05, 0) is 18.4 Å². The molecule has 0 radical (unpaired) electrons. The number of aromatic nitrogens is 2. The van der Waals surface area contributed by atoms with Crippen LogP contribution in [-0.4, -0.2) is 20.8 Å². The van der Waals surface area contributed by atoms with E-state index in [-0.39, 0.29) is 5.56 Å². The minimum absolute atomic E-state index is 0.00363. The molecule has 4 nitrogen and oxygen atoms in total. The second kappa shape index (κ2) is 7.28. The summed E-state index contributed by atoms with van der Waals surface area (Å²) in [4.78, 5) is 19.9. The number of benzene rings is 1. The summed E-state index contributed by atoms with van der Waals surface area (Å²) in [7, 11) is 0. The highest BCUT2D eigenvalue weighted by Gasteiger charge is 2.12. The van der Waals surface area contributed by atoms with Gasteiger partial charge >= 0.3 is 0 Å². The summed E-state index contributed by atoms with van der Waals surface area (Å²) in [5.41, 5.74) is 3.40. The Morgan fingerprint density at radius 2 is 1.96 bits per heavy atom. The quantitative estimate of drug-likeness (QED) is 0.686. The maximum atomic E-state index is 12.2. The second-order valence-corrected chi connectivity index (χ2v) is 7.56. The summed E-state index contributed by atoms with van der Waals surface area (Å²) in [6.45, 7) is 9.06. The van der Waals surface area contributed by atoms with Gasteiger partial charge in [0.15, 0.2) is 4.96 Å². The fourth-order valence-corrected chi connectivity index (χ4v) is 3.59. The molecule has 3 aromatic rings. The number of aryl methyl sites for hydroxylation is 1. The smallest absolute Gasteiger partial charge is 0.258 e. The van der Waals surface area contributed by atoms with Crippen LogP contribution in [0.1, 0.15) is 30.7 Å². The summed E-state index contributed by atoms with van der Waals surface area (Å²) in [6.07, 6.45) is 1.78. The fourth-order valence-electron chi connectivity index (χ4n) is 2.85. The van der Waals surface area contributed by atoms with E-state index in [1.165, 1.54) is 22.5 Å². The number of rotatable bonds is 6. The maximum Gasteiger partial charge on any atom is 0.258 e. The van der Waals surface area contributed by atoms with Crippen LogP contribution in [0.25, 0.3) is 4.96 Å². The van der Waals surface area contributed by atoms with Gasteiger partial charge in [-0.25, -0.2) is 4.98 Å². The van der Waals surface area contributed by atoms with Crippen molar-refractivity contribution in [3.05, 3.63) is 69.1 Å². The van der Waals surface area contributed by atoms with E-state index in [0.29, 0.717) is 12.5 Å². The van der Waals surface area contributed by atoms with Crippen molar-refractivity contribution in [2.24, 2.45) is 5.92 Å². The third-order valence-corrected chi connectivity index (χ3v) is 4.65. The highest BCUT2D eigenvalue weighted by molar-refractivity contribution is 7.15. The van der Waals surface area contributed by atoms with E-state index in [0.717, 1.165) is 23.7 Å². The summed E-state index contributed by atoms with van der Waals surface area (Å²) in [5.74, 6) is 0.557. The van der Waals surface area contributed by atoms with Crippen molar-refractivity contribution in [3.8, 4) is 0 Å². The molecule has 0 amide bonds. The Hall–Kier alpha value is -1.98. The number of fused-ring (bicyclic) bond motifs is 1. The van der Waals surface area contributed by atoms with Crippen molar-refractivity contribution in [1.82, 2.24) is 14.3 Å². The first-order chi connectivity index (χ1) is 11.5. The molecule has 0 atom stereocenters. The Morgan fingerprint density at radius 1 is 1.21 bits per heavy atom. The Morgan fingerprint density at radius 3 is 2.67 bits per heavy atom. The zero-order chi connectivity index (χ0) is 17.1. The van der Waals surface area contributed by atoms with Gasteiger partial charge in [0.2, 0.25) is 0 Å². The zero-order valence-electron chi connectivity index (χ0n) is 14.4. The molecule has 1 aromatic carbocycles. The topological polar surface area (TPSA) is 37.6 Å². The van der Waals surface area contributed by atoms with Crippen molar-refractivity contribution in [3.63, 3.8) is 0 Å². The lowest BCUT2D eigenvalue weighted by atomic mass is 10.1. The molecule has 0 aliphatic carbocycles. The van der Waals surface area contributed by atoms with Crippen LogP contribution >= 0.6 is 11.3 Å². The molecule has 0 saturated heterocycles. The monoisotopic (exact) mass is 341 g/mol. The Balaban J connectivity index is 1.82. The second-order valence-electron chi connectivity index (χ2n) is 6.69. The van der Waals surface area contributed by atoms with E-state index in [4.69, 9.17) is 0 Å². The lowest BCUT2D eigenvalue weighted by molar-refractivity contribution is 0.225. The minimum Gasteiger partial charge on any atom is -0.293 e. The largest absolute Gasteiger partial charge is 0.293 e. The number of nitrogens with zero attached hydrogens (tertiary/aromatic N) is 3. The molecular formula is C19H23N3OS. The van der Waals surface area contributed by atoms with Crippen molar-refractivity contribution < 1.29 is 0 Å². The molecule has 0 aliphatic rings. The van der Waals surface area contributed by atoms with Gasteiger partial charge in [-0.3, -0.25) is 14.1 Å². The molecular weight excluding hydrogens is 318 g/mol. The minimum atomic E-state index is -0.00363. The van der Waals surface area contributed by atoms with E-state index in [1.807, 2.05) is 5.38 Å². The van der Waals surface area contributed by atoms with Gasteiger partial charge in [0.05, 0.1) is 5.69 Å². The number of hydrogen-bond acceptors (Lipinski definition) is 4. The van der Waals surface area contributed by atoms with Crippen LogP contribution in [0.3, 0.4) is 0 Å². The summed E-state index contributed by atoms with van der Waals surface area (Å²) < 4.78 is 1.60. The molecule has 0 N–H and O–H groups in total. The summed E-state index contributed by atoms with van der Waals surface area (Å²) >= 11 is 1.50. The molecule has 0 bridgehead atoms. The van der Waals surface area contributed by atoms with Crippen LogP contribution in [0.2, 0.25) is 0 Å². The molecule has 0 unspecified atom stereocenters. The Labute approximate surface area is 146 Å². The molecule has 24 heavy (non-hydrogen) atoms. The first-order valence-corrected chi connectivity index (χ1v) is 9.13. The van der Waals surface area contributed by atoms with E-state index >= 15 is 0 Å². The predicted octanol–water partition coefficient (Wildman–Crippen LogP) is 3.72. The predicted molar refractivity (Wildman–Crippen MR) is 99.5 cm³/mol. The van der Waals surface area contributed by atoms with Gasteiger partial charge in [-0.1, -0.05) is 43.7 Å². The lowest BCUT2D eigenvalue weighted by Crippen LogP contribution is -2.28. The van der Waals surface area contributed by atoms with Crippen LogP contribution in [0.15, 0.2) is 46.7 Å². The zero-order valence-corrected chi connectivity index (χ0v) is 15.2. The lowest BCUT2D eigenvalue weighted by Gasteiger charge is -2.24. The van der Waals surface area contributed by atoms with Gasteiger partial charge < -0.3 is 0 Å². The molecule has 2 heterocycles. The normalized spacial score (nSPS) is 11.7. The average molecular weight is 341 g/mol. The molecule has 5 heteroatoms. The van der Waals surface area contributed by atoms with E-state index < -0.39 is 0 Å². The molecule has 0 aliphatic heterocycles. The van der Waals surface area contributed by atoms with Crippen molar-refractivity contribution >= 4 is 16.3 Å². The first kappa shape index (κ1) is 16.9. The molecule has 2 aromatic heterocycles. The third-order valence-electron chi connectivity index (χ3n) is 3.89. The summed E-state index contributed by atoms with van der Waals surface area (Å²) in [5, 5.41) is 1.89. The Bertz CT molecular complexity index is 864. The van der Waals surface area contributed by atoms with Gasteiger partial charge in [-0.15, -0.1) is 11.3 Å². The first-order valence-electron chi connectivity index (χ1n) is 8.25. The van der Waals surface area contributed by atoms with Gasteiger partial charge in [0, 0.05) is 37.3 Å². The van der Waals surface area contributed by atoms with E-state index in [2.05, 4.69) is 54.9 Å². The van der Waals surface area contributed by atoms with E-state index in [9.17, 15) is 4.79 Å². The van der Waals surface area contributed by atoms with Gasteiger partial charge in [0.25, 0.3) is 5.56 Å². The summed E-state index contributed by atoms with van der Waals surface area (Å²) in [6, 6.07) is 10.3. The van der Waals surface area contributed by atoms with Crippen LogP contribution < -0.4 is 5.56 Å². The van der Waals surface area contributed by atoms with Crippen LogP contribution in [0, 0.1) is 12.8 Å². The number of hydrogen-bond donors (Lipinski definition) is 0. The fraction of sp³-hybridized carbons (Fsp3) is 0.368. The standard InChI is InChI=1S/C19H23N3OS/c1-14(2)11-21(12-16-6-4-15(3)5-7-16)13-17-10-18(23)22-8-9-24-19(22)20-17/h4-10,14H,11-13H2,1-3H3. The third kappa shape index (κ3) is 4.10. The van der Waals surface area contributed by atoms with Crippen LogP contribution in [0.5, 0.6) is 0 Å². The SMILES string of the molecule is Cc1ccc(CN(Cc2cc(=O)n3ccsc3n2)CC(C)C)cc1. The average Bonchev–Trinajstić information content (AvgIpc) is 2.98. The molecule has 126 valence electrons. The molecule has 0 spiro atoms. The van der Waals surface area contributed by atoms with Crippen molar-refractivity contribution in [1.29, 1.82) is 0 Å². The number of thiazole rings is 1. The van der Waals surface area contributed by atoms with Crippen LogP contribution in [0.4, 0.5) is 0 Å². The highest BCUT2D eigenvalue weighted by Crippen LogP contribution is 2.13. The highest BCUT2D eigenvalue weighted by atomic mass is 32.1. The molecule has 3 rings (SSSR count). The Kier molecular flexibility index (Phi) is 5.11. The van der Waals surface area contributed by atoms with Crippen molar-refractivity contribution in [2.75, 3.05) is 6.54 Å². The van der Waals surface area contributed by atoms with Crippen molar-refractivity contribution in [2.45, 2.75) is 33.9 Å². The van der Waals surface area contributed by atoms with E-state index in [1.54, 1.807) is 16.7 Å². The van der Waals surface area contributed by atoms with Crippen LogP contribution in [-0.2, 0) is 13.1 Å². The molecule has 0 fully saturated rings. The molecule has 0 saturated carbocycles. The maximum absolute atomic E-state index is 12.2.